The second-order valence-electron chi connectivity index (χ2n) is 9.44. The molecule has 184 valence electrons. The van der Waals surface area contributed by atoms with Gasteiger partial charge in [0.25, 0.3) is 0 Å². The van der Waals surface area contributed by atoms with Crippen molar-refractivity contribution in [2.45, 2.75) is 62.8 Å². The van der Waals surface area contributed by atoms with Gasteiger partial charge in [0.05, 0.1) is 26.1 Å². The summed E-state index contributed by atoms with van der Waals surface area (Å²) in [6.07, 6.45) is 2.65. The van der Waals surface area contributed by atoms with Crippen LogP contribution >= 0.6 is 0 Å². The number of nitrogens with zero attached hydrogens (tertiary/aromatic N) is 2. The van der Waals surface area contributed by atoms with Crippen molar-refractivity contribution in [1.82, 2.24) is 0 Å². The topological polar surface area (TPSA) is 83.9 Å². The van der Waals surface area contributed by atoms with Crippen LogP contribution in [0, 0.1) is 29.5 Å². The second kappa shape index (κ2) is 9.92. The van der Waals surface area contributed by atoms with Gasteiger partial charge in [0.15, 0.2) is 29.2 Å². The summed E-state index contributed by atoms with van der Waals surface area (Å²) in [4.78, 5) is 14.2. The number of carbonyl (C=O) groups is 1. The first-order valence-electron chi connectivity index (χ1n) is 11.3. The van der Waals surface area contributed by atoms with Gasteiger partial charge in [0.1, 0.15) is 0 Å². The molecule has 2 aromatic carbocycles. The van der Waals surface area contributed by atoms with Crippen LogP contribution in [0.15, 0.2) is 24.3 Å². The van der Waals surface area contributed by atoms with Gasteiger partial charge in [-0.25, -0.2) is 15.4 Å². The highest BCUT2D eigenvalue weighted by molar-refractivity contribution is 5.70. The molecule has 3 atom stereocenters. The lowest BCUT2D eigenvalue weighted by atomic mass is 9.77. The van der Waals surface area contributed by atoms with Gasteiger partial charge in [-0.1, -0.05) is 19.1 Å². The van der Waals surface area contributed by atoms with Crippen LogP contribution in [0.25, 0.3) is 4.85 Å². The number of aryl methyl sites for hydroxylation is 2. The van der Waals surface area contributed by atoms with Crippen molar-refractivity contribution >= 4 is 5.97 Å². The van der Waals surface area contributed by atoms with Gasteiger partial charge in [0, 0.05) is 16.5 Å². The van der Waals surface area contributed by atoms with Crippen LogP contribution in [0.4, 0.5) is 8.78 Å². The highest BCUT2D eigenvalue weighted by Gasteiger charge is 2.48. The molecule has 0 spiro atoms. The fourth-order valence-corrected chi connectivity index (χ4v) is 5.35. The summed E-state index contributed by atoms with van der Waals surface area (Å²) in [5, 5.41) is 18.0. The average molecular weight is 483 g/mol. The molecule has 8 heteroatoms. The predicted molar refractivity (Wildman–Crippen MR) is 126 cm³/mol. The number of carboxylic acids is 1. The molecule has 0 aliphatic heterocycles. The molecule has 35 heavy (non-hydrogen) atoms. The minimum Gasteiger partial charge on any atom is -0.494 e. The molecule has 2 aromatic rings. The largest absolute Gasteiger partial charge is 0.494 e. The van der Waals surface area contributed by atoms with Crippen LogP contribution in [0.2, 0.25) is 0 Å². The number of ether oxygens (including phenoxy) is 2. The number of carboxylic acid groups (broad SMARTS) is 1. The van der Waals surface area contributed by atoms with Crippen LogP contribution in [0.3, 0.4) is 0 Å². The molecule has 0 amide bonds. The summed E-state index contributed by atoms with van der Waals surface area (Å²) in [6.45, 7) is 10.7. The Kier molecular flexibility index (Phi) is 7.36. The Morgan fingerprint density at radius 1 is 1.09 bits per heavy atom. The lowest BCUT2D eigenvalue weighted by Gasteiger charge is -2.24. The molecule has 0 saturated carbocycles. The molecular formula is C27H28F2N2O4. The number of nitriles is 1. The maximum atomic E-state index is 14.4. The summed E-state index contributed by atoms with van der Waals surface area (Å²) in [5.74, 6) is -1.39. The minimum atomic E-state index is -0.900. The van der Waals surface area contributed by atoms with Gasteiger partial charge in [-0.3, -0.25) is 9.64 Å². The molecule has 3 unspecified atom stereocenters. The molecule has 1 N–H and O–H groups in total. The monoisotopic (exact) mass is 482 g/mol. The van der Waals surface area contributed by atoms with E-state index < -0.39 is 34.5 Å². The Morgan fingerprint density at radius 2 is 1.60 bits per heavy atom. The highest BCUT2D eigenvalue weighted by Crippen LogP contribution is 2.46. The third kappa shape index (κ3) is 4.53. The van der Waals surface area contributed by atoms with Gasteiger partial charge >= 0.3 is 12.0 Å². The smallest absolute Gasteiger partial charge is 0.316 e. The lowest BCUT2D eigenvalue weighted by molar-refractivity contribution is -0.138. The van der Waals surface area contributed by atoms with E-state index in [1.165, 1.54) is 14.2 Å². The minimum absolute atomic E-state index is 0.0515. The number of fused-ring (bicyclic) bond motifs is 2. The molecule has 2 aliphatic carbocycles. The van der Waals surface area contributed by atoms with Crippen LogP contribution in [-0.2, 0) is 28.5 Å². The van der Waals surface area contributed by atoms with Crippen LogP contribution < -0.4 is 9.47 Å². The van der Waals surface area contributed by atoms with Crippen LogP contribution in [-0.4, -0.2) is 31.3 Å². The van der Waals surface area contributed by atoms with Gasteiger partial charge in [-0.05, 0) is 55.9 Å². The Balaban J connectivity index is 0.000000196. The van der Waals surface area contributed by atoms with Crippen molar-refractivity contribution in [2.75, 3.05) is 14.2 Å². The summed E-state index contributed by atoms with van der Waals surface area (Å²) in [7, 11) is 2.82. The van der Waals surface area contributed by atoms with Crippen LogP contribution in [0.5, 0.6) is 11.5 Å². The Hall–Kier alpha value is -3.65. The standard InChI is InChI=1S/C14H13FN2O.C13H15FO3/c1-14(11(8-16)17-2)7-6-9-4-5-10(18-3)13(15)12(9)14;1-13(7-10(15)16)6-5-8-3-4-9(17-2)12(14)11(8)13/h4-5,11H,6-7H2,1,3H3;3-4H,5-7H2,1-2H3,(H,15,16). The molecular weight excluding hydrogens is 454 g/mol. The molecule has 0 bridgehead atoms. The SMILES string of the molecule is COc1ccc2c(c1F)C(C)(CC(=O)O)CC2.[C-]#[N+]C(C#N)C1(C)CCc2ccc(OC)c(F)c21. The van der Waals surface area contributed by atoms with Crippen molar-refractivity contribution in [3.8, 4) is 17.6 Å². The Morgan fingerprint density at radius 3 is 2.09 bits per heavy atom. The zero-order valence-corrected chi connectivity index (χ0v) is 20.2. The first-order chi connectivity index (χ1) is 16.6. The number of methoxy groups -OCH3 is 2. The number of rotatable bonds is 5. The van der Waals surface area contributed by atoms with E-state index >= 15 is 0 Å². The number of benzene rings is 2. The number of hydrogen-bond acceptors (Lipinski definition) is 4. The zero-order valence-electron chi connectivity index (χ0n) is 20.2. The van der Waals surface area contributed by atoms with E-state index in [1.54, 1.807) is 26.0 Å². The third-order valence-corrected chi connectivity index (χ3v) is 7.26. The highest BCUT2D eigenvalue weighted by atomic mass is 19.1. The molecule has 2 aliphatic rings. The van der Waals surface area contributed by atoms with E-state index in [2.05, 4.69) is 4.85 Å². The third-order valence-electron chi connectivity index (χ3n) is 7.26. The molecule has 0 fully saturated rings. The molecule has 0 heterocycles. The maximum absolute atomic E-state index is 14.4. The molecule has 0 saturated heterocycles. The van der Waals surface area contributed by atoms with Crippen molar-refractivity contribution in [2.24, 2.45) is 0 Å². The summed E-state index contributed by atoms with van der Waals surface area (Å²) >= 11 is 0. The van der Waals surface area contributed by atoms with Gasteiger partial charge in [0.2, 0.25) is 0 Å². The fourth-order valence-electron chi connectivity index (χ4n) is 5.35. The first-order valence-corrected chi connectivity index (χ1v) is 11.3. The average Bonchev–Trinajstić information content (AvgIpc) is 3.33. The van der Waals surface area contributed by atoms with Gasteiger partial charge in [-0.2, -0.15) is 5.26 Å². The molecule has 0 radical (unpaired) electrons. The van der Waals surface area contributed by atoms with Gasteiger partial charge < -0.3 is 14.6 Å². The van der Waals surface area contributed by atoms with Crippen molar-refractivity contribution in [3.05, 3.63) is 69.6 Å². The van der Waals surface area contributed by atoms with Crippen LogP contribution in [0.1, 0.15) is 55.4 Å². The van der Waals surface area contributed by atoms with E-state index in [-0.39, 0.29) is 17.9 Å². The second-order valence-corrected chi connectivity index (χ2v) is 9.44. The Labute approximate surface area is 203 Å². The van der Waals surface area contributed by atoms with E-state index in [0.29, 0.717) is 30.4 Å². The van der Waals surface area contributed by atoms with Crippen molar-refractivity contribution in [3.63, 3.8) is 0 Å². The van der Waals surface area contributed by atoms with Gasteiger partial charge in [-0.15, -0.1) is 0 Å². The zero-order chi connectivity index (χ0) is 26.0. The van der Waals surface area contributed by atoms with E-state index in [9.17, 15) is 13.6 Å². The predicted octanol–water partition coefficient (Wildman–Crippen LogP) is 5.36. The first kappa shape index (κ1) is 26.0. The van der Waals surface area contributed by atoms with Crippen molar-refractivity contribution in [1.29, 1.82) is 5.26 Å². The molecule has 4 rings (SSSR count). The number of hydrogen-bond donors (Lipinski definition) is 1. The van der Waals surface area contributed by atoms with Crippen molar-refractivity contribution < 1.29 is 28.2 Å². The quantitative estimate of drug-likeness (QED) is 0.580. The lowest BCUT2D eigenvalue weighted by Crippen LogP contribution is -2.32. The normalized spacial score (nSPS) is 22.5. The molecule has 0 aromatic heterocycles. The molecule has 6 nitrogen and oxygen atoms in total. The number of aliphatic carboxylic acids is 1. The maximum Gasteiger partial charge on any atom is 0.316 e. The number of halogens is 2. The summed E-state index contributed by atoms with van der Waals surface area (Å²) < 4.78 is 38.5. The van der Waals surface area contributed by atoms with E-state index in [0.717, 1.165) is 17.5 Å². The Bertz CT molecular complexity index is 1220. The summed E-state index contributed by atoms with van der Waals surface area (Å²) in [6, 6.07) is 7.96. The van der Waals surface area contributed by atoms with E-state index in [1.807, 2.05) is 18.2 Å². The fraction of sp³-hybridized carbons (Fsp3) is 0.444. The summed E-state index contributed by atoms with van der Waals surface area (Å²) in [5.41, 5.74) is 1.39. The van der Waals surface area contributed by atoms with E-state index in [4.69, 9.17) is 26.4 Å².